The molecule has 6 heteroatoms. The molecule has 88 valence electrons. The van der Waals surface area contributed by atoms with Crippen molar-refractivity contribution in [2.24, 2.45) is 0 Å². The lowest BCUT2D eigenvalue weighted by molar-refractivity contribution is 0.0826. The Balaban J connectivity index is 3.16. The van der Waals surface area contributed by atoms with Crippen molar-refractivity contribution in [1.29, 1.82) is 0 Å². The number of benzene rings is 1. The van der Waals surface area contributed by atoms with Crippen LogP contribution in [0.5, 0.6) is 5.75 Å². The van der Waals surface area contributed by atoms with Gasteiger partial charge in [-0.15, -0.1) is 0 Å². The predicted molar refractivity (Wildman–Crippen MR) is 59.9 cm³/mol. The highest BCUT2D eigenvalue weighted by Crippen LogP contribution is 2.20. The summed E-state index contributed by atoms with van der Waals surface area (Å²) in [7, 11) is -0.464. The number of hydrogen-bond donors (Lipinski definition) is 0. The van der Waals surface area contributed by atoms with Crippen LogP contribution in [-0.2, 0) is 10.1 Å². The highest BCUT2D eigenvalue weighted by molar-refractivity contribution is 7.86. The summed E-state index contributed by atoms with van der Waals surface area (Å²) >= 11 is 0. The molecule has 0 radical (unpaired) electrons. The van der Waals surface area contributed by atoms with E-state index in [9.17, 15) is 13.2 Å². The largest absolute Gasteiger partial charge is 0.382 e. The minimum Gasteiger partial charge on any atom is -0.382 e. The van der Waals surface area contributed by atoms with E-state index in [4.69, 9.17) is 4.18 Å². The maximum atomic E-state index is 11.7. The van der Waals surface area contributed by atoms with E-state index in [1.807, 2.05) is 0 Å². The number of rotatable bonds is 3. The van der Waals surface area contributed by atoms with Gasteiger partial charge in [-0.05, 0) is 12.1 Å². The van der Waals surface area contributed by atoms with Crippen molar-refractivity contribution in [2.45, 2.75) is 0 Å². The smallest absolute Gasteiger partial charge is 0.306 e. The fourth-order valence-corrected chi connectivity index (χ4v) is 1.59. The van der Waals surface area contributed by atoms with Crippen molar-refractivity contribution < 1.29 is 17.4 Å². The molecule has 0 heterocycles. The van der Waals surface area contributed by atoms with Crippen molar-refractivity contribution in [2.75, 3.05) is 20.4 Å². The number of para-hydroxylation sites is 1. The molecular weight excluding hydrogens is 230 g/mol. The van der Waals surface area contributed by atoms with Crippen LogP contribution in [0.4, 0.5) is 0 Å². The third kappa shape index (κ3) is 3.23. The monoisotopic (exact) mass is 243 g/mol. The summed E-state index contributed by atoms with van der Waals surface area (Å²) < 4.78 is 26.7. The first-order valence-corrected chi connectivity index (χ1v) is 6.33. The van der Waals surface area contributed by atoms with Gasteiger partial charge in [0, 0.05) is 14.1 Å². The Labute approximate surface area is 94.8 Å². The Bertz CT molecular complexity index is 493. The molecule has 0 aliphatic heterocycles. The summed E-state index contributed by atoms with van der Waals surface area (Å²) in [6.07, 6.45) is 0.934. The Hall–Kier alpha value is -1.56. The van der Waals surface area contributed by atoms with Crippen molar-refractivity contribution in [3.05, 3.63) is 29.8 Å². The van der Waals surface area contributed by atoms with E-state index in [0.29, 0.717) is 0 Å². The number of carbonyl (C=O) groups is 1. The van der Waals surface area contributed by atoms with Crippen LogP contribution in [0.15, 0.2) is 24.3 Å². The van der Waals surface area contributed by atoms with Crippen molar-refractivity contribution in [3.63, 3.8) is 0 Å². The minimum absolute atomic E-state index is 0.0451. The Morgan fingerprint density at radius 2 is 1.81 bits per heavy atom. The fourth-order valence-electron chi connectivity index (χ4n) is 1.12. The molecule has 0 N–H and O–H groups in total. The lowest BCUT2D eigenvalue weighted by Crippen LogP contribution is -2.22. The predicted octanol–water partition coefficient (Wildman–Crippen LogP) is 0.727. The fraction of sp³-hybridized carbons (Fsp3) is 0.300. The van der Waals surface area contributed by atoms with Crippen LogP contribution in [0.25, 0.3) is 0 Å². The molecule has 0 aliphatic rings. The Morgan fingerprint density at radius 1 is 1.25 bits per heavy atom. The van der Waals surface area contributed by atoms with E-state index < -0.39 is 10.1 Å². The van der Waals surface area contributed by atoms with Gasteiger partial charge in [0.05, 0.1) is 11.8 Å². The molecule has 16 heavy (non-hydrogen) atoms. The van der Waals surface area contributed by atoms with Crippen LogP contribution in [0.2, 0.25) is 0 Å². The minimum atomic E-state index is -3.63. The molecule has 1 aromatic rings. The maximum absolute atomic E-state index is 11.7. The quantitative estimate of drug-likeness (QED) is 0.734. The van der Waals surface area contributed by atoms with Gasteiger partial charge in [0.1, 0.15) is 0 Å². The van der Waals surface area contributed by atoms with Crippen LogP contribution in [0.3, 0.4) is 0 Å². The second kappa shape index (κ2) is 4.52. The average molecular weight is 243 g/mol. The first-order valence-electron chi connectivity index (χ1n) is 4.51. The molecule has 1 amide bonds. The van der Waals surface area contributed by atoms with Gasteiger partial charge in [0.2, 0.25) is 0 Å². The van der Waals surface area contributed by atoms with Crippen molar-refractivity contribution >= 4 is 16.0 Å². The number of carbonyl (C=O) groups excluding carboxylic acids is 1. The highest BCUT2D eigenvalue weighted by Gasteiger charge is 2.16. The van der Waals surface area contributed by atoms with E-state index in [2.05, 4.69) is 0 Å². The molecule has 0 aliphatic carbocycles. The summed E-state index contributed by atoms with van der Waals surface area (Å²) in [5.41, 5.74) is 0.220. The van der Waals surface area contributed by atoms with Crippen LogP contribution in [0.1, 0.15) is 10.4 Å². The first kappa shape index (κ1) is 12.5. The normalized spacial score (nSPS) is 10.9. The molecule has 0 saturated heterocycles. The van der Waals surface area contributed by atoms with E-state index in [-0.39, 0.29) is 17.2 Å². The van der Waals surface area contributed by atoms with Crippen molar-refractivity contribution in [3.8, 4) is 5.75 Å². The Morgan fingerprint density at radius 3 is 2.31 bits per heavy atom. The molecule has 1 aromatic carbocycles. The summed E-state index contributed by atoms with van der Waals surface area (Å²) in [6.45, 7) is 0. The van der Waals surface area contributed by atoms with Gasteiger partial charge in [-0.2, -0.15) is 8.42 Å². The van der Waals surface area contributed by atoms with Gasteiger partial charge in [0.25, 0.3) is 5.91 Å². The van der Waals surface area contributed by atoms with E-state index in [0.717, 1.165) is 6.26 Å². The molecule has 0 unspecified atom stereocenters. The highest BCUT2D eigenvalue weighted by atomic mass is 32.2. The molecule has 5 nitrogen and oxygen atoms in total. The van der Waals surface area contributed by atoms with Gasteiger partial charge < -0.3 is 9.08 Å². The SMILES string of the molecule is CN(C)C(=O)c1ccccc1OS(C)(=O)=O. The van der Waals surface area contributed by atoms with Crippen LogP contribution in [0, 0.1) is 0 Å². The molecule has 1 rings (SSSR count). The maximum Gasteiger partial charge on any atom is 0.306 e. The molecular formula is C10H13NO4S. The summed E-state index contributed by atoms with van der Waals surface area (Å²) in [5, 5.41) is 0. The average Bonchev–Trinajstić information content (AvgIpc) is 2.15. The second-order valence-corrected chi connectivity index (χ2v) is 5.06. The van der Waals surface area contributed by atoms with Gasteiger partial charge >= 0.3 is 10.1 Å². The van der Waals surface area contributed by atoms with Gasteiger partial charge in [-0.1, -0.05) is 12.1 Å². The Kier molecular flexibility index (Phi) is 3.54. The first-order chi connectivity index (χ1) is 7.31. The second-order valence-electron chi connectivity index (χ2n) is 3.48. The number of nitrogens with zero attached hydrogens (tertiary/aromatic N) is 1. The topological polar surface area (TPSA) is 63.7 Å². The standard InChI is InChI=1S/C10H13NO4S/c1-11(2)10(12)8-6-4-5-7-9(8)15-16(3,13)14/h4-7H,1-3H3. The van der Waals surface area contributed by atoms with Crippen LogP contribution >= 0.6 is 0 Å². The summed E-state index contributed by atoms with van der Waals surface area (Å²) in [6, 6.07) is 6.21. The number of hydrogen-bond acceptors (Lipinski definition) is 4. The number of amides is 1. The van der Waals surface area contributed by atoms with E-state index in [1.165, 1.54) is 17.0 Å². The molecule has 0 atom stereocenters. The van der Waals surface area contributed by atoms with E-state index in [1.54, 1.807) is 26.2 Å². The third-order valence-corrected chi connectivity index (χ3v) is 2.25. The zero-order chi connectivity index (χ0) is 12.3. The molecule has 0 bridgehead atoms. The zero-order valence-electron chi connectivity index (χ0n) is 9.30. The van der Waals surface area contributed by atoms with Gasteiger partial charge in [0.15, 0.2) is 5.75 Å². The lowest BCUT2D eigenvalue weighted by Gasteiger charge is -2.13. The lowest BCUT2D eigenvalue weighted by atomic mass is 10.2. The van der Waals surface area contributed by atoms with Crippen LogP contribution in [-0.4, -0.2) is 39.6 Å². The molecule has 0 spiro atoms. The van der Waals surface area contributed by atoms with Gasteiger partial charge in [-0.25, -0.2) is 0 Å². The van der Waals surface area contributed by atoms with Crippen molar-refractivity contribution in [1.82, 2.24) is 4.90 Å². The zero-order valence-corrected chi connectivity index (χ0v) is 10.1. The summed E-state index contributed by atoms with van der Waals surface area (Å²) in [5.74, 6) is -0.261. The summed E-state index contributed by atoms with van der Waals surface area (Å²) in [4.78, 5) is 13.1. The molecule has 0 saturated carbocycles. The third-order valence-electron chi connectivity index (χ3n) is 1.76. The van der Waals surface area contributed by atoms with Gasteiger partial charge in [-0.3, -0.25) is 4.79 Å². The van der Waals surface area contributed by atoms with E-state index >= 15 is 0 Å². The molecule has 0 aromatic heterocycles. The molecule has 0 fully saturated rings. The van der Waals surface area contributed by atoms with Crippen LogP contribution < -0.4 is 4.18 Å².